The molecule has 0 unspecified atom stereocenters. The zero-order valence-electron chi connectivity index (χ0n) is 15.9. The smallest absolute Gasteiger partial charge is 0.422 e. The van der Waals surface area contributed by atoms with Crippen molar-refractivity contribution in [2.45, 2.75) is 57.8 Å². The molecule has 0 amide bonds. The second-order valence-corrected chi connectivity index (χ2v) is 6.91. The number of furan rings is 1. The third-order valence-corrected chi connectivity index (χ3v) is 4.62. The minimum absolute atomic E-state index is 0.138. The van der Waals surface area contributed by atoms with Crippen LogP contribution in [-0.4, -0.2) is 40.8 Å². The van der Waals surface area contributed by atoms with E-state index in [4.69, 9.17) is 9.15 Å². The summed E-state index contributed by atoms with van der Waals surface area (Å²) in [6.45, 7) is 0.663. The maximum Gasteiger partial charge on any atom is 0.422 e. The first-order valence-electron chi connectivity index (χ1n) is 9.28. The van der Waals surface area contributed by atoms with E-state index in [0.29, 0.717) is 12.3 Å². The molecule has 7 nitrogen and oxygen atoms in total. The van der Waals surface area contributed by atoms with Gasteiger partial charge in [0.25, 0.3) is 0 Å². The third kappa shape index (κ3) is 5.74. The second-order valence-electron chi connectivity index (χ2n) is 6.91. The van der Waals surface area contributed by atoms with Crippen molar-refractivity contribution >= 4 is 11.9 Å². The number of nitrogens with one attached hydrogen (secondary N) is 1. The Hall–Kier alpha value is -2.52. The summed E-state index contributed by atoms with van der Waals surface area (Å²) < 4.78 is 47.8. The van der Waals surface area contributed by atoms with Crippen LogP contribution in [0.2, 0.25) is 0 Å². The lowest BCUT2D eigenvalue weighted by molar-refractivity contribution is -0.154. The lowest BCUT2D eigenvalue weighted by Crippen LogP contribution is -2.35. The van der Waals surface area contributed by atoms with Crippen LogP contribution in [0.1, 0.15) is 43.6 Å². The van der Waals surface area contributed by atoms with E-state index < -0.39 is 12.8 Å². The molecule has 154 valence electrons. The fraction of sp³-hybridized carbons (Fsp3) is 0.611. The quantitative estimate of drug-likeness (QED) is 0.751. The number of aryl methyl sites for hydroxylation is 1. The summed E-state index contributed by atoms with van der Waals surface area (Å²) in [7, 11) is 1.85. The fourth-order valence-corrected chi connectivity index (χ4v) is 3.17. The SMILES string of the molecule is Cc1ccc(CNc2nc(OCC(F)(F)F)nc(N(C)C3CCCCC3)n2)o1. The van der Waals surface area contributed by atoms with Gasteiger partial charge in [-0.3, -0.25) is 0 Å². The number of anilines is 2. The number of hydrogen-bond acceptors (Lipinski definition) is 7. The van der Waals surface area contributed by atoms with Gasteiger partial charge in [-0.15, -0.1) is 0 Å². The molecule has 0 bridgehead atoms. The van der Waals surface area contributed by atoms with Crippen LogP contribution in [0.4, 0.5) is 25.1 Å². The molecule has 0 spiro atoms. The minimum atomic E-state index is -4.47. The zero-order chi connectivity index (χ0) is 20.1. The van der Waals surface area contributed by atoms with Gasteiger partial charge in [-0.2, -0.15) is 28.1 Å². The minimum Gasteiger partial charge on any atom is -0.465 e. The summed E-state index contributed by atoms with van der Waals surface area (Å²) >= 11 is 0. The Bertz CT molecular complexity index is 775. The summed E-state index contributed by atoms with van der Waals surface area (Å²) in [4.78, 5) is 14.3. The highest BCUT2D eigenvalue weighted by molar-refractivity contribution is 5.39. The van der Waals surface area contributed by atoms with Gasteiger partial charge in [0.1, 0.15) is 11.5 Å². The molecule has 1 fully saturated rings. The average molecular weight is 399 g/mol. The normalized spacial score (nSPS) is 15.5. The van der Waals surface area contributed by atoms with Crippen LogP contribution >= 0.6 is 0 Å². The molecule has 1 aliphatic rings. The molecule has 0 aliphatic heterocycles. The van der Waals surface area contributed by atoms with E-state index in [9.17, 15) is 13.2 Å². The van der Waals surface area contributed by atoms with Crippen LogP contribution in [0.5, 0.6) is 6.01 Å². The van der Waals surface area contributed by atoms with E-state index in [1.165, 1.54) is 6.42 Å². The van der Waals surface area contributed by atoms with Gasteiger partial charge in [0.15, 0.2) is 6.61 Å². The predicted molar refractivity (Wildman–Crippen MR) is 97.4 cm³/mol. The van der Waals surface area contributed by atoms with Crippen LogP contribution in [0.15, 0.2) is 16.5 Å². The zero-order valence-corrected chi connectivity index (χ0v) is 15.9. The molecule has 1 saturated carbocycles. The van der Waals surface area contributed by atoms with E-state index in [0.717, 1.165) is 31.4 Å². The summed E-state index contributed by atoms with van der Waals surface area (Å²) in [6.07, 6.45) is 0.934. The van der Waals surface area contributed by atoms with E-state index in [1.807, 2.05) is 24.9 Å². The van der Waals surface area contributed by atoms with Gasteiger partial charge in [-0.1, -0.05) is 19.3 Å². The van der Waals surface area contributed by atoms with Crippen LogP contribution in [0, 0.1) is 6.92 Å². The van der Waals surface area contributed by atoms with Crippen LogP contribution < -0.4 is 15.0 Å². The summed E-state index contributed by atoms with van der Waals surface area (Å²) in [5, 5.41) is 2.97. The van der Waals surface area contributed by atoms with Crippen molar-refractivity contribution in [2.24, 2.45) is 0 Å². The van der Waals surface area contributed by atoms with E-state index in [2.05, 4.69) is 20.3 Å². The summed E-state index contributed by atoms with van der Waals surface area (Å²) in [6, 6.07) is 3.51. The van der Waals surface area contributed by atoms with E-state index in [-0.39, 0.29) is 23.9 Å². The number of aromatic nitrogens is 3. The highest BCUT2D eigenvalue weighted by atomic mass is 19.4. The van der Waals surface area contributed by atoms with Crippen molar-refractivity contribution in [1.82, 2.24) is 15.0 Å². The Morgan fingerprint density at radius 3 is 2.57 bits per heavy atom. The molecule has 0 radical (unpaired) electrons. The van der Waals surface area contributed by atoms with Crippen molar-refractivity contribution in [3.63, 3.8) is 0 Å². The molecule has 3 rings (SSSR count). The predicted octanol–water partition coefficient (Wildman–Crippen LogP) is 4.10. The molecule has 1 N–H and O–H groups in total. The molecule has 10 heteroatoms. The first-order valence-corrected chi connectivity index (χ1v) is 9.28. The molecule has 2 aromatic heterocycles. The third-order valence-electron chi connectivity index (χ3n) is 4.62. The average Bonchev–Trinajstić information content (AvgIpc) is 3.09. The Kier molecular flexibility index (Phi) is 6.25. The molecular formula is C18H24F3N5O2. The summed E-state index contributed by atoms with van der Waals surface area (Å²) in [5.74, 6) is 1.85. The largest absolute Gasteiger partial charge is 0.465 e. The topological polar surface area (TPSA) is 76.3 Å². The molecule has 0 atom stereocenters. The number of hydrogen-bond donors (Lipinski definition) is 1. The van der Waals surface area contributed by atoms with E-state index in [1.54, 1.807) is 6.07 Å². The summed E-state index contributed by atoms with van der Waals surface area (Å²) in [5.41, 5.74) is 0. The van der Waals surface area contributed by atoms with Crippen molar-refractivity contribution in [1.29, 1.82) is 0 Å². The molecule has 0 aromatic carbocycles. The first-order chi connectivity index (χ1) is 13.3. The van der Waals surface area contributed by atoms with Crippen LogP contribution in [-0.2, 0) is 6.54 Å². The molecule has 1 aliphatic carbocycles. The van der Waals surface area contributed by atoms with Gasteiger partial charge in [0, 0.05) is 13.1 Å². The Balaban J connectivity index is 1.78. The van der Waals surface area contributed by atoms with Crippen molar-refractivity contribution < 1.29 is 22.3 Å². The van der Waals surface area contributed by atoms with Gasteiger partial charge in [-0.05, 0) is 31.9 Å². The number of nitrogens with zero attached hydrogens (tertiary/aromatic N) is 4. The maximum absolute atomic E-state index is 12.5. The number of halogens is 3. The maximum atomic E-state index is 12.5. The van der Waals surface area contributed by atoms with E-state index >= 15 is 0 Å². The Morgan fingerprint density at radius 1 is 1.18 bits per heavy atom. The standard InChI is InChI=1S/C18H24F3N5O2/c1-12-8-9-14(28-12)10-22-15-23-16(26(2)13-6-4-3-5-7-13)25-17(24-15)27-11-18(19,20)21/h8-9,13H,3-7,10-11H2,1-2H3,(H,22,23,24,25). The molecule has 2 aromatic rings. The lowest BCUT2D eigenvalue weighted by atomic mass is 9.95. The second kappa shape index (κ2) is 8.66. The van der Waals surface area contributed by atoms with Gasteiger partial charge in [0.05, 0.1) is 6.54 Å². The van der Waals surface area contributed by atoms with Crippen molar-refractivity contribution in [2.75, 3.05) is 23.9 Å². The monoisotopic (exact) mass is 399 g/mol. The highest BCUT2D eigenvalue weighted by Gasteiger charge is 2.29. The van der Waals surface area contributed by atoms with Crippen molar-refractivity contribution in [3.8, 4) is 6.01 Å². The Morgan fingerprint density at radius 2 is 1.93 bits per heavy atom. The molecular weight excluding hydrogens is 375 g/mol. The van der Waals surface area contributed by atoms with Crippen LogP contribution in [0.25, 0.3) is 0 Å². The van der Waals surface area contributed by atoms with Gasteiger partial charge < -0.3 is 19.4 Å². The lowest BCUT2D eigenvalue weighted by Gasteiger charge is -2.31. The Labute approximate surface area is 161 Å². The number of rotatable bonds is 7. The van der Waals surface area contributed by atoms with Gasteiger partial charge in [0.2, 0.25) is 11.9 Å². The number of alkyl halides is 3. The molecule has 28 heavy (non-hydrogen) atoms. The van der Waals surface area contributed by atoms with Gasteiger partial charge in [-0.25, -0.2) is 0 Å². The fourth-order valence-electron chi connectivity index (χ4n) is 3.17. The molecule has 0 saturated heterocycles. The molecule has 2 heterocycles. The van der Waals surface area contributed by atoms with Gasteiger partial charge >= 0.3 is 12.2 Å². The number of ether oxygens (including phenoxy) is 1. The van der Waals surface area contributed by atoms with Crippen molar-refractivity contribution in [3.05, 3.63) is 23.7 Å². The first kappa shape index (κ1) is 20.2. The van der Waals surface area contributed by atoms with Crippen LogP contribution in [0.3, 0.4) is 0 Å². The highest BCUT2D eigenvalue weighted by Crippen LogP contribution is 2.26.